The van der Waals surface area contributed by atoms with E-state index in [-0.39, 0.29) is 0 Å². The maximum Gasteiger partial charge on any atom is 0.147 e. The summed E-state index contributed by atoms with van der Waals surface area (Å²) in [5.74, 6) is 0.892. The fraction of sp³-hybridized carbons (Fsp3) is 0.286. The summed E-state index contributed by atoms with van der Waals surface area (Å²) in [6, 6.07) is 5.38. The second kappa shape index (κ2) is 6.37. The highest BCUT2D eigenvalue weighted by Gasteiger charge is 2.36. The molecule has 0 aromatic carbocycles. The highest BCUT2D eigenvalue weighted by molar-refractivity contribution is 5.86. The van der Waals surface area contributed by atoms with Gasteiger partial charge in [0, 0.05) is 61.3 Å². The molecule has 3 aliphatic rings. The molecule has 2 unspecified atom stereocenters. The van der Waals surface area contributed by atoms with Crippen molar-refractivity contribution in [3.8, 4) is 28.5 Å². The van der Waals surface area contributed by atoms with Crippen molar-refractivity contribution in [3.63, 3.8) is 0 Å². The van der Waals surface area contributed by atoms with E-state index in [1.807, 2.05) is 37.9 Å². The van der Waals surface area contributed by atoms with Crippen LogP contribution in [0.3, 0.4) is 0 Å². The fourth-order valence-corrected chi connectivity index (χ4v) is 4.45. The van der Waals surface area contributed by atoms with E-state index in [1.165, 1.54) is 6.42 Å². The fourth-order valence-electron chi connectivity index (χ4n) is 4.45. The van der Waals surface area contributed by atoms with Crippen LogP contribution in [0.1, 0.15) is 12.0 Å². The Morgan fingerprint density at radius 1 is 1.03 bits per heavy atom. The van der Waals surface area contributed by atoms with Crippen molar-refractivity contribution in [1.29, 1.82) is 5.26 Å². The summed E-state index contributed by atoms with van der Waals surface area (Å²) < 4.78 is 3.49. The molecule has 0 spiro atoms. The number of aryl methyl sites for hydroxylation is 1. The van der Waals surface area contributed by atoms with Gasteiger partial charge < -0.3 is 10.2 Å². The number of piperidine rings is 1. The number of fused-ring (bicyclic) bond motifs is 3. The van der Waals surface area contributed by atoms with E-state index >= 15 is 0 Å². The molecule has 0 aliphatic carbocycles. The number of anilines is 1. The minimum atomic E-state index is 0.510. The predicted octanol–water partition coefficient (Wildman–Crippen LogP) is 1.61. The summed E-state index contributed by atoms with van der Waals surface area (Å²) in [6.07, 6.45) is 12.1. The Balaban J connectivity index is 1.44. The van der Waals surface area contributed by atoms with Crippen molar-refractivity contribution in [2.75, 3.05) is 18.0 Å². The van der Waals surface area contributed by atoms with Gasteiger partial charge in [-0.25, -0.2) is 9.50 Å². The van der Waals surface area contributed by atoms with E-state index in [1.54, 1.807) is 21.6 Å². The van der Waals surface area contributed by atoms with Gasteiger partial charge in [-0.2, -0.15) is 15.5 Å². The third-order valence-electron chi connectivity index (χ3n) is 5.93. The second-order valence-electron chi connectivity index (χ2n) is 7.97. The van der Waals surface area contributed by atoms with Crippen LogP contribution in [0.15, 0.2) is 43.2 Å². The summed E-state index contributed by atoms with van der Waals surface area (Å²) in [4.78, 5) is 11.7. The minimum absolute atomic E-state index is 0.510. The van der Waals surface area contributed by atoms with Gasteiger partial charge in [0.15, 0.2) is 0 Å². The monoisotopic (exact) mass is 397 g/mol. The van der Waals surface area contributed by atoms with Gasteiger partial charge in [-0.15, -0.1) is 0 Å². The van der Waals surface area contributed by atoms with Crippen molar-refractivity contribution in [1.82, 2.24) is 34.7 Å². The number of aromatic nitrogens is 6. The Bertz CT molecular complexity index is 1280. The molecule has 148 valence electrons. The summed E-state index contributed by atoms with van der Waals surface area (Å²) in [6.45, 7) is 1.93. The standard InChI is InChI=1S/C21H19N9/c1-28-9-15(6-25-28)13-2-18(21-14(4-22)5-26-30(21)10-13)19-7-24-20(8-23-19)29-11-16-3-17(12-29)27-16/h2,5-10,16-17,27H,3,11-12H2,1H3. The number of pyridine rings is 1. The van der Waals surface area contributed by atoms with Crippen molar-refractivity contribution < 1.29 is 0 Å². The van der Waals surface area contributed by atoms with E-state index in [9.17, 15) is 5.26 Å². The molecule has 0 radical (unpaired) electrons. The second-order valence-corrected chi connectivity index (χ2v) is 7.97. The lowest BCUT2D eigenvalue weighted by Gasteiger charge is -2.48. The molecular formula is C21H19N9. The topological polar surface area (TPSA) is 100.0 Å². The molecule has 7 rings (SSSR count). The van der Waals surface area contributed by atoms with Crippen molar-refractivity contribution >= 4 is 11.3 Å². The average molecular weight is 397 g/mol. The largest absolute Gasteiger partial charge is 0.352 e. The van der Waals surface area contributed by atoms with Crippen molar-refractivity contribution in [3.05, 3.63) is 48.8 Å². The van der Waals surface area contributed by atoms with E-state index in [0.717, 1.165) is 41.1 Å². The third-order valence-corrected chi connectivity index (χ3v) is 5.93. The van der Waals surface area contributed by atoms with Crippen LogP contribution in [-0.4, -0.2) is 54.5 Å². The van der Waals surface area contributed by atoms with Crippen LogP contribution < -0.4 is 10.2 Å². The Morgan fingerprint density at radius 2 is 1.87 bits per heavy atom. The number of hydrogen-bond acceptors (Lipinski definition) is 7. The molecule has 0 saturated carbocycles. The maximum atomic E-state index is 9.56. The zero-order chi connectivity index (χ0) is 20.2. The Morgan fingerprint density at radius 3 is 2.53 bits per heavy atom. The van der Waals surface area contributed by atoms with E-state index < -0.39 is 0 Å². The van der Waals surface area contributed by atoms with Crippen LogP contribution in [0.5, 0.6) is 0 Å². The number of nitriles is 1. The van der Waals surface area contributed by atoms with Crippen molar-refractivity contribution in [2.24, 2.45) is 7.05 Å². The molecule has 1 N–H and O–H groups in total. The SMILES string of the molecule is Cn1cc(-c2cc(-c3cnc(N4CC5CC(C4)N5)cn3)c3c(C#N)cnn3c2)cn1. The molecule has 3 aliphatic heterocycles. The molecule has 7 heterocycles. The summed E-state index contributed by atoms with van der Waals surface area (Å²) in [5.41, 5.74) is 4.70. The quantitative estimate of drug-likeness (QED) is 0.561. The van der Waals surface area contributed by atoms with Crippen LogP contribution in [0, 0.1) is 11.3 Å². The lowest BCUT2D eigenvalue weighted by molar-refractivity contribution is 0.225. The van der Waals surface area contributed by atoms with Gasteiger partial charge in [0.2, 0.25) is 0 Å². The molecule has 3 fully saturated rings. The van der Waals surface area contributed by atoms with Crippen LogP contribution >= 0.6 is 0 Å². The number of nitrogens with zero attached hydrogens (tertiary/aromatic N) is 8. The van der Waals surface area contributed by atoms with Gasteiger partial charge in [-0.3, -0.25) is 9.67 Å². The molecule has 30 heavy (non-hydrogen) atoms. The molecule has 0 amide bonds. The van der Waals surface area contributed by atoms with E-state index in [2.05, 4.69) is 26.5 Å². The lowest BCUT2D eigenvalue weighted by Crippen LogP contribution is -2.67. The van der Waals surface area contributed by atoms with Crippen LogP contribution in [0.2, 0.25) is 0 Å². The number of rotatable bonds is 3. The Labute approximate surface area is 172 Å². The first-order valence-electron chi connectivity index (χ1n) is 9.92. The number of piperazine rings is 1. The zero-order valence-corrected chi connectivity index (χ0v) is 16.4. The summed E-state index contributed by atoms with van der Waals surface area (Å²) in [5, 5.41) is 21.7. The molecule has 4 aromatic rings. The first kappa shape index (κ1) is 17.1. The van der Waals surface area contributed by atoms with Gasteiger partial charge in [-0.05, 0) is 12.5 Å². The van der Waals surface area contributed by atoms with Gasteiger partial charge in [-0.1, -0.05) is 0 Å². The number of nitrogens with one attached hydrogen (secondary N) is 1. The first-order chi connectivity index (χ1) is 14.7. The molecule has 9 heteroatoms. The predicted molar refractivity (Wildman–Crippen MR) is 111 cm³/mol. The van der Waals surface area contributed by atoms with Crippen molar-refractivity contribution in [2.45, 2.75) is 18.5 Å². The van der Waals surface area contributed by atoms with Crippen LogP contribution in [0.4, 0.5) is 5.82 Å². The van der Waals surface area contributed by atoms with E-state index in [4.69, 9.17) is 9.97 Å². The maximum absolute atomic E-state index is 9.56. The summed E-state index contributed by atoms with van der Waals surface area (Å²) >= 11 is 0. The van der Waals surface area contributed by atoms with Gasteiger partial charge in [0.1, 0.15) is 11.9 Å². The Hall–Kier alpha value is -3.77. The third kappa shape index (κ3) is 2.65. The van der Waals surface area contributed by atoms with Crippen LogP contribution in [-0.2, 0) is 7.05 Å². The lowest BCUT2D eigenvalue weighted by atomic mass is 9.91. The molecule has 2 bridgehead atoms. The zero-order valence-electron chi connectivity index (χ0n) is 16.4. The molecule has 3 saturated heterocycles. The number of hydrogen-bond donors (Lipinski definition) is 1. The summed E-state index contributed by atoms with van der Waals surface area (Å²) in [7, 11) is 1.88. The highest BCUT2D eigenvalue weighted by atomic mass is 15.3. The molecule has 4 aromatic heterocycles. The smallest absolute Gasteiger partial charge is 0.147 e. The van der Waals surface area contributed by atoms with E-state index in [0.29, 0.717) is 23.3 Å². The normalized spacial score (nSPS) is 20.2. The molecule has 2 atom stereocenters. The van der Waals surface area contributed by atoms with Gasteiger partial charge in [0.25, 0.3) is 0 Å². The highest BCUT2D eigenvalue weighted by Crippen LogP contribution is 2.31. The first-order valence-corrected chi connectivity index (χ1v) is 9.92. The van der Waals surface area contributed by atoms with Gasteiger partial charge >= 0.3 is 0 Å². The minimum Gasteiger partial charge on any atom is -0.352 e. The molecular weight excluding hydrogens is 378 g/mol. The Kier molecular flexibility index (Phi) is 3.63. The average Bonchev–Trinajstić information content (AvgIpc) is 3.39. The van der Waals surface area contributed by atoms with Gasteiger partial charge in [0.05, 0.1) is 41.6 Å². The van der Waals surface area contributed by atoms with Crippen LogP contribution in [0.25, 0.3) is 27.9 Å². The molecule has 9 nitrogen and oxygen atoms in total.